The van der Waals surface area contributed by atoms with Gasteiger partial charge < -0.3 is 10.0 Å². The normalized spacial score (nSPS) is 17.6. The number of hydrogen-bond acceptors (Lipinski definition) is 3. The summed E-state index contributed by atoms with van der Waals surface area (Å²) in [6.07, 6.45) is 0. The molecule has 0 saturated carbocycles. The van der Waals surface area contributed by atoms with Crippen molar-refractivity contribution in [3.63, 3.8) is 0 Å². The summed E-state index contributed by atoms with van der Waals surface area (Å²) in [5, 5.41) is 11.4. The van der Waals surface area contributed by atoms with Crippen LogP contribution in [0.3, 0.4) is 0 Å². The first-order valence-electron chi connectivity index (χ1n) is 12.7. The lowest BCUT2D eigenvalue weighted by molar-refractivity contribution is -0.123. The van der Waals surface area contributed by atoms with Crippen molar-refractivity contribution in [3.8, 4) is 5.75 Å². The molecule has 37 heavy (non-hydrogen) atoms. The zero-order valence-corrected chi connectivity index (χ0v) is 23.0. The van der Waals surface area contributed by atoms with Crippen LogP contribution >= 0.6 is 0 Å². The second kappa shape index (κ2) is 9.02. The number of rotatable bonds is 5. The van der Waals surface area contributed by atoms with Crippen LogP contribution in [0.1, 0.15) is 76.3 Å². The van der Waals surface area contributed by atoms with Gasteiger partial charge in [-0.15, -0.1) is 0 Å². The molecule has 1 heterocycles. The molecule has 0 fully saturated rings. The number of amides is 1. The number of para-hydroxylation sites is 1. The zero-order chi connectivity index (χ0) is 27.3. The molecule has 3 aromatic carbocycles. The molecule has 192 valence electrons. The van der Waals surface area contributed by atoms with E-state index in [9.17, 15) is 14.7 Å². The summed E-state index contributed by atoms with van der Waals surface area (Å²) >= 11 is 0. The van der Waals surface area contributed by atoms with E-state index in [2.05, 4.69) is 6.58 Å². The number of fused-ring (bicyclic) bond motifs is 1. The van der Waals surface area contributed by atoms with Crippen LogP contribution in [0.5, 0.6) is 5.75 Å². The van der Waals surface area contributed by atoms with Crippen molar-refractivity contribution < 1.29 is 14.7 Å². The number of carbonyl (C=O) groups excluding carboxylic acids is 2. The Kier molecular flexibility index (Phi) is 6.44. The lowest BCUT2D eigenvalue weighted by Gasteiger charge is -2.35. The lowest BCUT2D eigenvalue weighted by Crippen LogP contribution is -2.44. The molecule has 1 atom stereocenters. The maximum atomic E-state index is 14.7. The van der Waals surface area contributed by atoms with Crippen molar-refractivity contribution in [1.29, 1.82) is 0 Å². The van der Waals surface area contributed by atoms with Crippen LogP contribution in [-0.4, -0.2) is 16.8 Å². The van der Waals surface area contributed by atoms with E-state index in [0.29, 0.717) is 12.1 Å². The first-order valence-corrected chi connectivity index (χ1v) is 12.7. The topological polar surface area (TPSA) is 57.6 Å². The van der Waals surface area contributed by atoms with Gasteiger partial charge in [0, 0.05) is 16.8 Å². The summed E-state index contributed by atoms with van der Waals surface area (Å²) in [7, 11) is 0. The van der Waals surface area contributed by atoms with Gasteiger partial charge in [-0.05, 0) is 58.2 Å². The molecule has 0 bridgehead atoms. The number of hydrogen-bond donors (Lipinski definition) is 1. The molecule has 0 radical (unpaired) electrons. The molecular weight excluding hydrogens is 458 g/mol. The molecule has 0 aliphatic carbocycles. The predicted octanol–water partition coefficient (Wildman–Crippen LogP) is 6.97. The summed E-state index contributed by atoms with van der Waals surface area (Å²) < 4.78 is 0. The van der Waals surface area contributed by atoms with Gasteiger partial charge in [0.2, 0.25) is 5.91 Å². The third kappa shape index (κ3) is 4.29. The molecule has 0 aromatic heterocycles. The van der Waals surface area contributed by atoms with E-state index < -0.39 is 16.2 Å². The lowest BCUT2D eigenvalue weighted by atomic mass is 9.66. The van der Waals surface area contributed by atoms with Crippen LogP contribution in [0.15, 0.2) is 78.9 Å². The maximum absolute atomic E-state index is 14.7. The first kappa shape index (κ1) is 26.4. The van der Waals surface area contributed by atoms with Gasteiger partial charge in [0.1, 0.15) is 11.2 Å². The van der Waals surface area contributed by atoms with Gasteiger partial charge in [-0.1, -0.05) is 96.7 Å². The van der Waals surface area contributed by atoms with E-state index >= 15 is 0 Å². The third-order valence-electron chi connectivity index (χ3n) is 7.38. The average molecular weight is 496 g/mol. The van der Waals surface area contributed by atoms with E-state index in [4.69, 9.17) is 0 Å². The maximum Gasteiger partial charge on any atom is 0.247 e. The standard InChI is InChI=1S/C33H37NO3/c1-21(22(2)35)33(24-18-26(31(3,4)5)29(36)27(19-24)32(6,7)8)25-16-12-13-17-28(25)34(30(33)37)20-23-14-10-9-11-15-23/h9-19,36H,1,20H2,2-8H3/t33-/m1/s1. The Balaban J connectivity index is 2.09. The first-order chi connectivity index (χ1) is 17.2. The van der Waals surface area contributed by atoms with Crippen molar-refractivity contribution in [2.45, 2.75) is 71.3 Å². The van der Waals surface area contributed by atoms with Gasteiger partial charge in [0.15, 0.2) is 5.78 Å². The van der Waals surface area contributed by atoms with Gasteiger partial charge >= 0.3 is 0 Å². The van der Waals surface area contributed by atoms with Gasteiger partial charge in [0.25, 0.3) is 0 Å². The van der Waals surface area contributed by atoms with Crippen molar-refractivity contribution in [3.05, 3.63) is 107 Å². The van der Waals surface area contributed by atoms with Crippen LogP contribution < -0.4 is 4.90 Å². The number of phenols is 1. The van der Waals surface area contributed by atoms with Gasteiger partial charge in [-0.2, -0.15) is 0 Å². The van der Waals surface area contributed by atoms with Crippen LogP contribution in [-0.2, 0) is 32.4 Å². The van der Waals surface area contributed by atoms with E-state index in [1.165, 1.54) is 6.92 Å². The summed E-state index contributed by atoms with van der Waals surface area (Å²) in [5.74, 6) is -0.220. The Labute approximate surface area is 220 Å². The third-order valence-corrected chi connectivity index (χ3v) is 7.38. The zero-order valence-electron chi connectivity index (χ0n) is 23.0. The molecule has 4 heteroatoms. The molecule has 4 nitrogen and oxygen atoms in total. The number of Topliss-reactive ketones (excluding diaryl/α,β-unsaturated/α-hetero) is 1. The summed E-state index contributed by atoms with van der Waals surface area (Å²) in [6, 6.07) is 21.3. The van der Waals surface area contributed by atoms with E-state index in [0.717, 1.165) is 27.9 Å². The van der Waals surface area contributed by atoms with Crippen LogP contribution in [0.2, 0.25) is 0 Å². The number of anilines is 1. The average Bonchev–Trinajstić information content (AvgIpc) is 3.06. The van der Waals surface area contributed by atoms with Crippen molar-refractivity contribution in [1.82, 2.24) is 0 Å². The van der Waals surface area contributed by atoms with Gasteiger partial charge in [0.05, 0.1) is 6.54 Å². The highest BCUT2D eigenvalue weighted by Gasteiger charge is 2.55. The summed E-state index contributed by atoms with van der Waals surface area (Å²) in [6.45, 7) is 18.3. The molecule has 0 saturated heterocycles. The van der Waals surface area contributed by atoms with Crippen LogP contribution in [0.25, 0.3) is 0 Å². The highest BCUT2D eigenvalue weighted by molar-refractivity contribution is 6.18. The molecule has 4 rings (SSSR count). The SMILES string of the molecule is C=C(C(C)=O)[C@]1(c2cc(C(C)(C)C)c(O)c(C(C)(C)C)c2)C(=O)N(Cc2ccccc2)c2ccccc21. The predicted molar refractivity (Wildman–Crippen MR) is 150 cm³/mol. The van der Waals surface area contributed by atoms with E-state index in [1.54, 1.807) is 4.90 Å². The fourth-order valence-corrected chi connectivity index (χ4v) is 5.38. The monoisotopic (exact) mass is 495 g/mol. The van der Waals surface area contributed by atoms with Crippen molar-refractivity contribution >= 4 is 17.4 Å². The molecule has 1 aliphatic rings. The number of carbonyl (C=O) groups is 2. The van der Waals surface area contributed by atoms with Gasteiger partial charge in [-0.3, -0.25) is 9.59 Å². The molecular formula is C33H37NO3. The number of benzene rings is 3. The fourth-order valence-electron chi connectivity index (χ4n) is 5.38. The van der Waals surface area contributed by atoms with Crippen LogP contribution in [0, 0.1) is 0 Å². The molecule has 1 amide bonds. The van der Waals surface area contributed by atoms with E-state index in [-0.39, 0.29) is 23.0 Å². The highest BCUT2D eigenvalue weighted by atomic mass is 16.3. The second-order valence-electron chi connectivity index (χ2n) is 12.1. The Morgan fingerprint density at radius 1 is 0.892 bits per heavy atom. The largest absolute Gasteiger partial charge is 0.507 e. The van der Waals surface area contributed by atoms with Gasteiger partial charge in [-0.25, -0.2) is 0 Å². The number of nitrogens with zero attached hydrogens (tertiary/aromatic N) is 1. The minimum Gasteiger partial charge on any atom is -0.507 e. The Hall–Kier alpha value is -3.66. The quantitative estimate of drug-likeness (QED) is 0.389. The number of phenolic OH excluding ortho intramolecular Hbond substituents is 1. The smallest absolute Gasteiger partial charge is 0.247 e. The minimum absolute atomic E-state index is 0.205. The second-order valence-corrected chi connectivity index (χ2v) is 12.1. The molecule has 1 N–H and O–H groups in total. The summed E-state index contributed by atoms with van der Waals surface area (Å²) in [5.41, 5.74) is 2.65. The van der Waals surface area contributed by atoms with Crippen molar-refractivity contribution in [2.75, 3.05) is 4.90 Å². The molecule has 0 unspecified atom stereocenters. The Morgan fingerprint density at radius 2 is 1.41 bits per heavy atom. The Morgan fingerprint density at radius 3 is 1.92 bits per heavy atom. The number of ketones is 1. The molecule has 3 aromatic rings. The van der Waals surface area contributed by atoms with Crippen molar-refractivity contribution in [2.24, 2.45) is 0 Å². The minimum atomic E-state index is -1.40. The highest BCUT2D eigenvalue weighted by Crippen LogP contribution is 2.53. The van der Waals surface area contributed by atoms with E-state index in [1.807, 2.05) is 108 Å². The summed E-state index contributed by atoms with van der Waals surface area (Å²) in [4.78, 5) is 29.5. The van der Waals surface area contributed by atoms with Crippen LogP contribution in [0.4, 0.5) is 5.69 Å². The molecule has 1 aliphatic heterocycles. The molecule has 0 spiro atoms. The number of aromatic hydroxyl groups is 1. The fraction of sp³-hybridized carbons (Fsp3) is 0.333. The Bertz CT molecular complexity index is 1350.